The van der Waals surface area contributed by atoms with Crippen LogP contribution in [0, 0.1) is 0 Å². The molecule has 0 aromatic carbocycles. The molecule has 0 aliphatic carbocycles. The highest BCUT2D eigenvalue weighted by Gasteiger charge is 2.34. The second-order valence-corrected chi connectivity index (χ2v) is 9.51. The quantitative estimate of drug-likeness (QED) is 0.573. The first-order valence-electron chi connectivity index (χ1n) is 9.98. The number of hydrogen-bond donors (Lipinski definition) is 3. The fraction of sp³-hybridized carbons (Fsp3) is 0.450. The molecule has 1 fully saturated rings. The monoisotopic (exact) mass is 480 g/mol. The number of pyridine rings is 1. The molecule has 0 radical (unpaired) electrons. The van der Waals surface area contributed by atoms with Crippen LogP contribution >= 0.6 is 22.9 Å². The normalized spacial score (nSPS) is 18.6. The Bertz CT molecular complexity index is 948. The van der Waals surface area contributed by atoms with Crippen molar-refractivity contribution in [3.8, 4) is 0 Å². The summed E-state index contributed by atoms with van der Waals surface area (Å²) >= 11 is 7.26. The number of rotatable bonds is 4. The van der Waals surface area contributed by atoms with Gasteiger partial charge in [0, 0.05) is 30.9 Å². The zero-order chi connectivity index (χ0) is 23.3. The van der Waals surface area contributed by atoms with Crippen molar-refractivity contribution in [1.29, 1.82) is 0 Å². The number of nitrogens with one attached hydrogen (secondary N) is 3. The molecule has 0 spiro atoms. The number of nitrogens with zero attached hydrogens (tertiary/aromatic N) is 3. The molecule has 2 aromatic rings. The minimum Gasteiger partial charge on any atom is -0.444 e. The Balaban J connectivity index is 1.66. The van der Waals surface area contributed by atoms with Crippen LogP contribution < -0.4 is 20.9 Å². The number of ether oxygens (including phenoxy) is 1. The van der Waals surface area contributed by atoms with E-state index < -0.39 is 35.6 Å². The molecule has 3 heterocycles. The van der Waals surface area contributed by atoms with Crippen LogP contribution in [-0.4, -0.2) is 58.6 Å². The van der Waals surface area contributed by atoms with E-state index in [0.29, 0.717) is 24.5 Å². The van der Waals surface area contributed by atoms with Crippen LogP contribution in [0.4, 0.5) is 15.7 Å². The Morgan fingerprint density at radius 1 is 1.16 bits per heavy atom. The maximum absolute atomic E-state index is 12.5. The molecule has 3 rings (SSSR count). The molecule has 2 aromatic heterocycles. The number of halogens is 1. The van der Waals surface area contributed by atoms with Crippen molar-refractivity contribution in [3.05, 3.63) is 34.9 Å². The summed E-state index contributed by atoms with van der Waals surface area (Å²) in [6.45, 7) is 6.31. The van der Waals surface area contributed by atoms with Gasteiger partial charge in [-0.25, -0.2) is 14.8 Å². The number of amides is 3. The minimum absolute atomic E-state index is 0.205. The first-order valence-corrected chi connectivity index (χ1v) is 11.2. The van der Waals surface area contributed by atoms with Crippen LogP contribution in [0.5, 0.6) is 0 Å². The molecule has 12 heteroatoms. The van der Waals surface area contributed by atoms with E-state index in [1.807, 2.05) is 10.3 Å². The third-order valence-electron chi connectivity index (χ3n) is 4.50. The molecule has 3 amide bonds. The predicted molar refractivity (Wildman–Crippen MR) is 122 cm³/mol. The highest BCUT2D eigenvalue weighted by atomic mass is 35.5. The number of hydrogen-bond acceptors (Lipinski definition) is 8. The average Bonchev–Trinajstić information content (AvgIpc) is 3.24. The third kappa shape index (κ3) is 6.79. The maximum Gasteiger partial charge on any atom is 0.408 e. The highest BCUT2D eigenvalue weighted by molar-refractivity contribution is 7.13. The van der Waals surface area contributed by atoms with Gasteiger partial charge in [0.1, 0.15) is 11.4 Å². The van der Waals surface area contributed by atoms with Crippen LogP contribution in [0.2, 0.25) is 5.02 Å². The van der Waals surface area contributed by atoms with Crippen molar-refractivity contribution in [2.24, 2.45) is 0 Å². The molecule has 172 valence electrons. The van der Waals surface area contributed by atoms with E-state index in [4.69, 9.17) is 16.3 Å². The predicted octanol–water partition coefficient (Wildman–Crippen LogP) is 2.42. The van der Waals surface area contributed by atoms with Gasteiger partial charge in [-0.05, 0) is 39.3 Å². The Morgan fingerprint density at radius 3 is 2.56 bits per heavy atom. The van der Waals surface area contributed by atoms with Crippen molar-refractivity contribution in [1.82, 2.24) is 20.6 Å². The summed E-state index contributed by atoms with van der Waals surface area (Å²) in [6, 6.07) is 2.08. The first-order chi connectivity index (χ1) is 15.1. The van der Waals surface area contributed by atoms with Gasteiger partial charge in [-0.2, -0.15) is 0 Å². The minimum atomic E-state index is -0.863. The van der Waals surface area contributed by atoms with Gasteiger partial charge in [-0.15, -0.1) is 11.3 Å². The molecule has 3 N–H and O–H groups in total. The number of piperidine rings is 1. The van der Waals surface area contributed by atoms with Crippen LogP contribution in [0.15, 0.2) is 29.9 Å². The molecule has 2 atom stereocenters. The van der Waals surface area contributed by atoms with Crippen molar-refractivity contribution < 1.29 is 19.1 Å². The molecule has 0 bridgehead atoms. The standard InChI is InChI=1S/C20H25ClN6O4S/c1-20(2,3)31-19(30)25-14-11-27(18-22-7-9-32-18)8-6-13(14)24-16(28)17(29)26-15-5-4-12(21)10-23-15/h4-5,7,9-10,13-14H,6,8,11H2,1-3H3,(H,24,28)(H,25,30)(H,23,26,29). The summed E-state index contributed by atoms with van der Waals surface area (Å²) in [7, 11) is 0. The van der Waals surface area contributed by atoms with E-state index in [2.05, 4.69) is 25.9 Å². The summed E-state index contributed by atoms with van der Waals surface area (Å²) in [5.74, 6) is -1.49. The second kappa shape index (κ2) is 10.1. The number of carbonyl (C=O) groups excluding carboxylic acids is 3. The number of anilines is 2. The zero-order valence-electron chi connectivity index (χ0n) is 17.9. The Labute approximate surface area is 194 Å². The highest BCUT2D eigenvalue weighted by Crippen LogP contribution is 2.23. The Hall–Kier alpha value is -2.92. The van der Waals surface area contributed by atoms with E-state index in [1.54, 1.807) is 33.0 Å². The van der Waals surface area contributed by atoms with E-state index in [0.717, 1.165) is 5.13 Å². The molecule has 1 aliphatic heterocycles. The number of aromatic nitrogens is 2. The largest absolute Gasteiger partial charge is 0.444 e. The van der Waals surface area contributed by atoms with Gasteiger partial charge in [-0.1, -0.05) is 11.6 Å². The van der Waals surface area contributed by atoms with Gasteiger partial charge < -0.3 is 25.6 Å². The fourth-order valence-corrected chi connectivity index (χ4v) is 3.92. The third-order valence-corrected chi connectivity index (χ3v) is 5.55. The van der Waals surface area contributed by atoms with Crippen LogP contribution in [0.25, 0.3) is 0 Å². The number of alkyl carbamates (subject to hydrolysis) is 1. The van der Waals surface area contributed by atoms with Crippen LogP contribution in [0.3, 0.4) is 0 Å². The van der Waals surface area contributed by atoms with Gasteiger partial charge in [0.2, 0.25) is 0 Å². The lowest BCUT2D eigenvalue weighted by Gasteiger charge is -2.39. The topological polar surface area (TPSA) is 126 Å². The molecular weight excluding hydrogens is 456 g/mol. The summed E-state index contributed by atoms with van der Waals surface area (Å²) in [6.07, 6.45) is 2.97. The summed E-state index contributed by atoms with van der Waals surface area (Å²) in [5, 5.41) is 11.1. The Kier molecular flexibility index (Phi) is 7.52. The lowest BCUT2D eigenvalue weighted by Crippen LogP contribution is -2.62. The molecule has 1 saturated heterocycles. The van der Waals surface area contributed by atoms with Crippen molar-refractivity contribution in [3.63, 3.8) is 0 Å². The molecule has 10 nitrogen and oxygen atoms in total. The van der Waals surface area contributed by atoms with Crippen LogP contribution in [0.1, 0.15) is 27.2 Å². The van der Waals surface area contributed by atoms with Gasteiger partial charge >= 0.3 is 17.9 Å². The van der Waals surface area contributed by atoms with Gasteiger partial charge in [0.15, 0.2) is 5.13 Å². The maximum atomic E-state index is 12.5. The zero-order valence-corrected chi connectivity index (χ0v) is 19.5. The SMILES string of the molecule is CC(C)(C)OC(=O)NC1CN(c2nccs2)CCC1NC(=O)C(=O)Nc1ccc(Cl)cn1. The van der Waals surface area contributed by atoms with E-state index in [9.17, 15) is 14.4 Å². The molecule has 32 heavy (non-hydrogen) atoms. The van der Waals surface area contributed by atoms with Gasteiger partial charge in [0.25, 0.3) is 0 Å². The van der Waals surface area contributed by atoms with Crippen LogP contribution in [-0.2, 0) is 14.3 Å². The number of thiazole rings is 1. The fourth-order valence-electron chi connectivity index (χ4n) is 3.13. The smallest absolute Gasteiger partial charge is 0.408 e. The van der Waals surface area contributed by atoms with Crippen molar-refractivity contribution >= 4 is 51.8 Å². The summed E-state index contributed by atoms with van der Waals surface area (Å²) in [4.78, 5) is 47.5. The second-order valence-electron chi connectivity index (χ2n) is 8.20. The lowest BCUT2D eigenvalue weighted by molar-refractivity contribution is -0.136. The Morgan fingerprint density at radius 2 is 1.94 bits per heavy atom. The van der Waals surface area contributed by atoms with Gasteiger partial charge in [-0.3, -0.25) is 9.59 Å². The lowest BCUT2D eigenvalue weighted by atomic mass is 9.99. The first kappa shape index (κ1) is 23.7. The average molecular weight is 481 g/mol. The van der Waals surface area contributed by atoms with E-state index >= 15 is 0 Å². The van der Waals surface area contributed by atoms with Gasteiger partial charge in [0.05, 0.1) is 17.1 Å². The summed E-state index contributed by atoms with van der Waals surface area (Å²) < 4.78 is 5.36. The molecule has 0 saturated carbocycles. The van der Waals surface area contributed by atoms with E-state index in [1.165, 1.54) is 23.6 Å². The van der Waals surface area contributed by atoms with Crippen molar-refractivity contribution in [2.45, 2.75) is 44.9 Å². The molecular formula is C20H25ClN6O4S. The number of carbonyl (C=O) groups is 3. The molecule has 1 aliphatic rings. The summed E-state index contributed by atoms with van der Waals surface area (Å²) in [5.41, 5.74) is -0.669. The van der Waals surface area contributed by atoms with Crippen molar-refractivity contribution in [2.75, 3.05) is 23.3 Å². The van der Waals surface area contributed by atoms with E-state index in [-0.39, 0.29) is 5.82 Å². The molecule has 2 unspecified atom stereocenters.